The first-order valence-corrected chi connectivity index (χ1v) is 7.74. The summed E-state index contributed by atoms with van der Waals surface area (Å²) < 4.78 is 13.8. The smallest absolute Gasteiger partial charge is 0.124 e. The molecule has 1 aromatic carbocycles. The summed E-state index contributed by atoms with van der Waals surface area (Å²) >= 11 is 0. The van der Waals surface area contributed by atoms with Crippen LogP contribution in [-0.4, -0.2) is 11.5 Å². The molecule has 0 bridgehead atoms. The van der Waals surface area contributed by atoms with Crippen molar-refractivity contribution >= 4 is 10.9 Å². The van der Waals surface area contributed by atoms with Crippen molar-refractivity contribution in [2.24, 2.45) is 0 Å². The Morgan fingerprint density at radius 2 is 2.20 bits per heavy atom. The standard InChI is InChI=1S/C17H23FN2/c1-3-8-19-14-6-4-5-7-15-16(14)13-10-12(18)9-11(2)17(13)20-15/h9-10,14,19-20H,3-8H2,1-2H3. The lowest BCUT2D eigenvalue weighted by atomic mass is 9.99. The molecule has 0 spiro atoms. The van der Waals surface area contributed by atoms with Crippen molar-refractivity contribution in [3.8, 4) is 0 Å². The average Bonchev–Trinajstić information content (AvgIpc) is 2.65. The molecule has 20 heavy (non-hydrogen) atoms. The number of hydrogen-bond acceptors (Lipinski definition) is 1. The maximum atomic E-state index is 13.8. The Balaban J connectivity index is 2.14. The summed E-state index contributed by atoms with van der Waals surface area (Å²) in [6.45, 7) is 5.18. The number of benzene rings is 1. The summed E-state index contributed by atoms with van der Waals surface area (Å²) in [7, 11) is 0. The Kier molecular flexibility index (Phi) is 3.79. The molecule has 3 heteroatoms. The SMILES string of the molecule is CCCNC1CCCCc2[nH]c3c(C)cc(F)cc3c21. The van der Waals surface area contributed by atoms with Gasteiger partial charge in [-0.2, -0.15) is 0 Å². The highest BCUT2D eigenvalue weighted by molar-refractivity contribution is 5.88. The quantitative estimate of drug-likeness (QED) is 0.799. The first-order valence-electron chi connectivity index (χ1n) is 7.74. The van der Waals surface area contributed by atoms with Crippen LogP contribution in [0.5, 0.6) is 0 Å². The van der Waals surface area contributed by atoms with Crippen LogP contribution >= 0.6 is 0 Å². The van der Waals surface area contributed by atoms with E-state index >= 15 is 0 Å². The molecule has 2 aromatic rings. The Morgan fingerprint density at radius 3 is 3.00 bits per heavy atom. The van der Waals surface area contributed by atoms with Crippen molar-refractivity contribution in [1.29, 1.82) is 0 Å². The molecule has 0 fully saturated rings. The number of H-pyrrole nitrogens is 1. The van der Waals surface area contributed by atoms with Crippen LogP contribution in [-0.2, 0) is 6.42 Å². The molecule has 1 unspecified atom stereocenters. The second-order valence-electron chi connectivity index (χ2n) is 5.91. The van der Waals surface area contributed by atoms with Crippen LogP contribution < -0.4 is 5.32 Å². The lowest BCUT2D eigenvalue weighted by molar-refractivity contribution is 0.492. The Labute approximate surface area is 119 Å². The van der Waals surface area contributed by atoms with Gasteiger partial charge in [0.25, 0.3) is 0 Å². The van der Waals surface area contributed by atoms with Gasteiger partial charge < -0.3 is 10.3 Å². The van der Waals surface area contributed by atoms with Crippen molar-refractivity contribution < 1.29 is 4.39 Å². The molecule has 108 valence electrons. The third kappa shape index (κ3) is 2.35. The fourth-order valence-corrected chi connectivity index (χ4v) is 3.41. The van der Waals surface area contributed by atoms with Crippen LogP contribution in [0.1, 0.15) is 55.5 Å². The summed E-state index contributed by atoms with van der Waals surface area (Å²) in [5.74, 6) is -0.129. The zero-order chi connectivity index (χ0) is 14.1. The van der Waals surface area contributed by atoms with E-state index in [2.05, 4.69) is 17.2 Å². The summed E-state index contributed by atoms with van der Waals surface area (Å²) in [4.78, 5) is 3.55. The molecular formula is C17H23FN2. The van der Waals surface area contributed by atoms with Crippen LogP contribution in [0.2, 0.25) is 0 Å². The first kappa shape index (κ1) is 13.6. The predicted molar refractivity (Wildman–Crippen MR) is 81.6 cm³/mol. The van der Waals surface area contributed by atoms with E-state index in [9.17, 15) is 4.39 Å². The van der Waals surface area contributed by atoms with Crippen molar-refractivity contribution in [2.45, 2.75) is 52.0 Å². The van der Waals surface area contributed by atoms with E-state index in [0.29, 0.717) is 6.04 Å². The molecule has 3 rings (SSSR count). The lowest BCUT2D eigenvalue weighted by Crippen LogP contribution is -2.22. The molecule has 1 heterocycles. The first-order chi connectivity index (χ1) is 9.70. The maximum absolute atomic E-state index is 13.8. The average molecular weight is 274 g/mol. The van der Waals surface area contributed by atoms with Gasteiger partial charge in [-0.05, 0) is 62.4 Å². The van der Waals surface area contributed by atoms with E-state index in [1.54, 1.807) is 12.1 Å². The molecule has 0 radical (unpaired) electrons. The molecule has 0 saturated heterocycles. The molecule has 0 amide bonds. The van der Waals surface area contributed by atoms with Crippen LogP contribution in [0.15, 0.2) is 12.1 Å². The summed E-state index contributed by atoms with van der Waals surface area (Å²) in [6, 6.07) is 3.68. The highest BCUT2D eigenvalue weighted by atomic mass is 19.1. The van der Waals surface area contributed by atoms with E-state index in [0.717, 1.165) is 42.3 Å². The van der Waals surface area contributed by atoms with Gasteiger partial charge >= 0.3 is 0 Å². The van der Waals surface area contributed by atoms with E-state index in [1.165, 1.54) is 24.1 Å². The van der Waals surface area contributed by atoms with Gasteiger partial charge in [0.1, 0.15) is 5.82 Å². The van der Waals surface area contributed by atoms with Crippen molar-refractivity contribution in [2.75, 3.05) is 6.54 Å². The van der Waals surface area contributed by atoms with E-state index in [-0.39, 0.29) is 5.82 Å². The second kappa shape index (κ2) is 5.57. The normalized spacial score (nSPS) is 19.1. The van der Waals surface area contributed by atoms with E-state index < -0.39 is 0 Å². The molecule has 1 atom stereocenters. The minimum absolute atomic E-state index is 0.129. The van der Waals surface area contributed by atoms with Crippen molar-refractivity contribution in [3.05, 3.63) is 34.8 Å². The molecule has 1 aliphatic rings. The number of nitrogens with one attached hydrogen (secondary N) is 2. The highest BCUT2D eigenvalue weighted by Crippen LogP contribution is 2.36. The molecule has 0 aliphatic heterocycles. The van der Waals surface area contributed by atoms with Gasteiger partial charge in [-0.25, -0.2) is 4.39 Å². The topological polar surface area (TPSA) is 27.8 Å². The van der Waals surface area contributed by atoms with Crippen molar-refractivity contribution in [1.82, 2.24) is 10.3 Å². The molecule has 2 nitrogen and oxygen atoms in total. The maximum Gasteiger partial charge on any atom is 0.124 e. The number of aromatic amines is 1. The van der Waals surface area contributed by atoms with Crippen LogP contribution in [0.25, 0.3) is 10.9 Å². The van der Waals surface area contributed by atoms with Crippen LogP contribution in [0, 0.1) is 12.7 Å². The number of rotatable bonds is 3. The van der Waals surface area contributed by atoms with Crippen LogP contribution in [0.4, 0.5) is 4.39 Å². The minimum atomic E-state index is -0.129. The van der Waals surface area contributed by atoms with Gasteiger partial charge in [0, 0.05) is 22.6 Å². The minimum Gasteiger partial charge on any atom is -0.358 e. The number of hydrogen-bond donors (Lipinski definition) is 2. The fourth-order valence-electron chi connectivity index (χ4n) is 3.41. The largest absolute Gasteiger partial charge is 0.358 e. The Morgan fingerprint density at radius 1 is 1.35 bits per heavy atom. The predicted octanol–water partition coefficient (Wildman–Crippen LogP) is 4.38. The monoisotopic (exact) mass is 274 g/mol. The van der Waals surface area contributed by atoms with Crippen molar-refractivity contribution in [3.63, 3.8) is 0 Å². The third-order valence-electron chi connectivity index (χ3n) is 4.35. The number of aryl methyl sites for hydroxylation is 2. The van der Waals surface area contributed by atoms with E-state index in [1.807, 2.05) is 6.92 Å². The number of fused-ring (bicyclic) bond motifs is 3. The molecular weight excluding hydrogens is 251 g/mol. The second-order valence-corrected chi connectivity index (χ2v) is 5.91. The van der Waals surface area contributed by atoms with Gasteiger partial charge in [0.05, 0.1) is 0 Å². The molecule has 1 aliphatic carbocycles. The van der Waals surface area contributed by atoms with Gasteiger partial charge in [-0.3, -0.25) is 0 Å². The van der Waals surface area contributed by atoms with Gasteiger partial charge in [-0.15, -0.1) is 0 Å². The molecule has 0 saturated carbocycles. The number of halogens is 1. The Hall–Kier alpha value is -1.35. The van der Waals surface area contributed by atoms with Gasteiger partial charge in [0.15, 0.2) is 0 Å². The summed E-state index contributed by atoms with van der Waals surface area (Å²) in [5, 5.41) is 4.72. The summed E-state index contributed by atoms with van der Waals surface area (Å²) in [5.41, 5.74) is 4.73. The van der Waals surface area contributed by atoms with Gasteiger partial charge in [0.2, 0.25) is 0 Å². The highest BCUT2D eigenvalue weighted by Gasteiger charge is 2.23. The zero-order valence-electron chi connectivity index (χ0n) is 12.4. The molecule has 2 N–H and O–H groups in total. The summed E-state index contributed by atoms with van der Waals surface area (Å²) in [6.07, 6.45) is 5.80. The van der Waals surface area contributed by atoms with E-state index in [4.69, 9.17) is 0 Å². The number of aromatic nitrogens is 1. The zero-order valence-corrected chi connectivity index (χ0v) is 12.4. The van der Waals surface area contributed by atoms with Crippen LogP contribution in [0.3, 0.4) is 0 Å². The van der Waals surface area contributed by atoms with Gasteiger partial charge in [-0.1, -0.05) is 13.3 Å². The lowest BCUT2D eigenvalue weighted by Gasteiger charge is -2.17. The molecule has 1 aromatic heterocycles. The Bertz CT molecular complexity index is 615. The fraction of sp³-hybridized carbons (Fsp3) is 0.529. The third-order valence-corrected chi connectivity index (χ3v) is 4.35.